The highest BCUT2D eigenvalue weighted by Gasteiger charge is 2.25. The predicted octanol–water partition coefficient (Wildman–Crippen LogP) is 3.89. The number of rotatable bonds is 5. The van der Waals surface area contributed by atoms with Crippen LogP contribution >= 0.6 is 15.9 Å². The molecule has 1 aromatic rings. The van der Waals surface area contributed by atoms with Crippen LogP contribution in [0.4, 0.5) is 13.2 Å². The zero-order chi connectivity index (χ0) is 12.1. The molecule has 0 spiro atoms. The van der Waals surface area contributed by atoms with Gasteiger partial charge in [-0.15, -0.1) is 0 Å². The van der Waals surface area contributed by atoms with Crippen molar-refractivity contribution in [2.75, 3.05) is 6.54 Å². The second-order valence-corrected chi connectivity index (χ2v) is 4.26. The van der Waals surface area contributed by atoms with Crippen molar-refractivity contribution < 1.29 is 13.2 Å². The summed E-state index contributed by atoms with van der Waals surface area (Å²) in [6.07, 6.45) is -1.91. The molecule has 5 heteroatoms. The van der Waals surface area contributed by atoms with Crippen molar-refractivity contribution in [3.05, 3.63) is 34.1 Å². The van der Waals surface area contributed by atoms with E-state index < -0.39 is 18.3 Å². The van der Waals surface area contributed by atoms with Gasteiger partial charge in [0, 0.05) is 5.56 Å². The van der Waals surface area contributed by atoms with Crippen LogP contribution in [0.3, 0.4) is 0 Å². The highest BCUT2D eigenvalue weighted by atomic mass is 79.9. The van der Waals surface area contributed by atoms with Gasteiger partial charge in [0.15, 0.2) is 0 Å². The Kier molecular flexibility index (Phi) is 5.28. The second kappa shape index (κ2) is 6.25. The molecular weight excluding hydrogens is 283 g/mol. The number of halogens is 4. The normalized spacial score (nSPS) is 13.1. The van der Waals surface area contributed by atoms with Gasteiger partial charge in [0.1, 0.15) is 5.82 Å². The Bertz CT molecular complexity index is 344. The second-order valence-electron chi connectivity index (χ2n) is 3.41. The molecule has 0 saturated carbocycles. The first kappa shape index (κ1) is 13.5. The number of hydrogen-bond acceptors (Lipinski definition) is 1. The predicted molar refractivity (Wildman–Crippen MR) is 61.1 cm³/mol. The van der Waals surface area contributed by atoms with E-state index in [9.17, 15) is 13.2 Å². The van der Waals surface area contributed by atoms with Gasteiger partial charge in [0.2, 0.25) is 0 Å². The standard InChI is InChI=1S/C11H13BrF3N/c1-2-6-16-10(11(14)15)7-4-3-5-8(12)9(7)13/h3-5,10-11,16H,2,6H2,1H3. The molecular formula is C11H13BrF3N. The van der Waals surface area contributed by atoms with E-state index in [1.165, 1.54) is 12.1 Å². The molecule has 1 unspecified atom stereocenters. The Labute approximate surface area is 101 Å². The van der Waals surface area contributed by atoms with Crippen LogP contribution in [0.5, 0.6) is 0 Å². The van der Waals surface area contributed by atoms with Crippen molar-refractivity contribution in [2.45, 2.75) is 25.8 Å². The molecule has 1 rings (SSSR count). The minimum absolute atomic E-state index is 0.00201. The first-order valence-corrected chi connectivity index (χ1v) is 5.82. The van der Waals surface area contributed by atoms with Crippen molar-refractivity contribution in [3.8, 4) is 0 Å². The molecule has 0 radical (unpaired) electrons. The van der Waals surface area contributed by atoms with E-state index in [1.807, 2.05) is 6.92 Å². The molecule has 1 aromatic carbocycles. The molecule has 0 aliphatic rings. The Morgan fingerprint density at radius 2 is 2.06 bits per heavy atom. The van der Waals surface area contributed by atoms with E-state index in [0.717, 1.165) is 6.42 Å². The maximum Gasteiger partial charge on any atom is 0.257 e. The topological polar surface area (TPSA) is 12.0 Å². The van der Waals surface area contributed by atoms with Crippen molar-refractivity contribution in [2.24, 2.45) is 0 Å². The maximum absolute atomic E-state index is 13.6. The fourth-order valence-corrected chi connectivity index (χ4v) is 1.78. The van der Waals surface area contributed by atoms with E-state index >= 15 is 0 Å². The largest absolute Gasteiger partial charge is 0.305 e. The summed E-state index contributed by atoms with van der Waals surface area (Å²) in [6, 6.07) is 3.16. The molecule has 0 saturated heterocycles. The van der Waals surface area contributed by atoms with Crippen LogP contribution in [0.2, 0.25) is 0 Å². The molecule has 0 aromatic heterocycles. The summed E-state index contributed by atoms with van der Waals surface area (Å²) in [5.41, 5.74) is -0.00201. The molecule has 1 nitrogen and oxygen atoms in total. The number of nitrogens with one attached hydrogen (secondary N) is 1. The summed E-state index contributed by atoms with van der Waals surface area (Å²) >= 11 is 2.98. The van der Waals surface area contributed by atoms with Gasteiger partial charge >= 0.3 is 0 Å². The summed E-state index contributed by atoms with van der Waals surface area (Å²) in [5, 5.41) is 2.64. The third-order valence-corrected chi connectivity index (χ3v) is 2.80. The minimum Gasteiger partial charge on any atom is -0.305 e. The van der Waals surface area contributed by atoms with Gasteiger partial charge in [-0.3, -0.25) is 0 Å². The molecule has 90 valence electrons. The lowest BCUT2D eigenvalue weighted by atomic mass is 10.1. The van der Waals surface area contributed by atoms with Crippen molar-refractivity contribution in [1.82, 2.24) is 5.32 Å². The van der Waals surface area contributed by atoms with Gasteiger partial charge in [-0.05, 0) is 35.0 Å². The van der Waals surface area contributed by atoms with E-state index in [1.54, 1.807) is 6.07 Å². The zero-order valence-electron chi connectivity index (χ0n) is 8.81. The van der Waals surface area contributed by atoms with Gasteiger partial charge in [0.05, 0.1) is 10.5 Å². The van der Waals surface area contributed by atoms with Gasteiger partial charge < -0.3 is 5.32 Å². The lowest BCUT2D eigenvalue weighted by molar-refractivity contribution is 0.0967. The number of hydrogen-bond donors (Lipinski definition) is 1. The molecule has 16 heavy (non-hydrogen) atoms. The summed E-state index contributed by atoms with van der Waals surface area (Å²) < 4.78 is 39.4. The van der Waals surface area contributed by atoms with Gasteiger partial charge in [-0.2, -0.15) is 0 Å². The third kappa shape index (κ3) is 3.22. The van der Waals surface area contributed by atoms with Crippen LogP contribution in [-0.2, 0) is 0 Å². The lowest BCUT2D eigenvalue weighted by Gasteiger charge is -2.18. The molecule has 0 aliphatic heterocycles. The SMILES string of the molecule is CCCNC(c1cccc(Br)c1F)C(F)F. The Balaban J connectivity index is 2.96. The molecule has 0 amide bonds. The molecule has 1 N–H and O–H groups in total. The molecule has 1 atom stereocenters. The molecule has 0 aliphatic carbocycles. The number of alkyl halides is 2. The smallest absolute Gasteiger partial charge is 0.257 e. The summed E-state index contributed by atoms with van der Waals surface area (Å²) in [7, 11) is 0. The average Bonchev–Trinajstić information content (AvgIpc) is 2.24. The van der Waals surface area contributed by atoms with Crippen molar-refractivity contribution in [3.63, 3.8) is 0 Å². The van der Waals surface area contributed by atoms with E-state index in [4.69, 9.17) is 0 Å². The first-order chi connectivity index (χ1) is 7.57. The zero-order valence-corrected chi connectivity index (χ0v) is 10.4. The monoisotopic (exact) mass is 295 g/mol. The van der Waals surface area contributed by atoms with Crippen LogP contribution < -0.4 is 5.32 Å². The van der Waals surface area contributed by atoms with E-state index in [0.29, 0.717) is 6.54 Å². The summed E-state index contributed by atoms with van der Waals surface area (Å²) in [5.74, 6) is -0.628. The highest BCUT2D eigenvalue weighted by molar-refractivity contribution is 9.10. The summed E-state index contributed by atoms with van der Waals surface area (Å²) in [4.78, 5) is 0. The average molecular weight is 296 g/mol. The maximum atomic E-state index is 13.6. The highest BCUT2D eigenvalue weighted by Crippen LogP contribution is 2.27. The van der Waals surface area contributed by atoms with Crippen LogP contribution in [-0.4, -0.2) is 13.0 Å². The van der Waals surface area contributed by atoms with Crippen LogP contribution in [0.1, 0.15) is 24.9 Å². The van der Waals surface area contributed by atoms with Crippen LogP contribution in [0.25, 0.3) is 0 Å². The van der Waals surface area contributed by atoms with E-state index in [-0.39, 0.29) is 10.0 Å². The molecule has 0 fully saturated rings. The fraction of sp³-hybridized carbons (Fsp3) is 0.455. The van der Waals surface area contributed by atoms with E-state index in [2.05, 4.69) is 21.2 Å². The van der Waals surface area contributed by atoms with Crippen LogP contribution in [0, 0.1) is 5.82 Å². The number of benzene rings is 1. The Hall–Kier alpha value is -0.550. The quantitative estimate of drug-likeness (QED) is 0.869. The van der Waals surface area contributed by atoms with Crippen LogP contribution in [0.15, 0.2) is 22.7 Å². The van der Waals surface area contributed by atoms with Crippen molar-refractivity contribution >= 4 is 15.9 Å². The third-order valence-electron chi connectivity index (χ3n) is 2.18. The first-order valence-electron chi connectivity index (χ1n) is 5.03. The molecule has 0 heterocycles. The lowest BCUT2D eigenvalue weighted by Crippen LogP contribution is -2.28. The molecule has 0 bridgehead atoms. The van der Waals surface area contributed by atoms with Gasteiger partial charge in [-0.25, -0.2) is 13.2 Å². The summed E-state index contributed by atoms with van der Waals surface area (Å²) in [6.45, 7) is 2.30. The minimum atomic E-state index is -2.63. The Morgan fingerprint density at radius 3 is 2.62 bits per heavy atom. The van der Waals surface area contributed by atoms with Gasteiger partial charge in [0.25, 0.3) is 6.43 Å². The van der Waals surface area contributed by atoms with Gasteiger partial charge in [-0.1, -0.05) is 19.1 Å². The fourth-order valence-electron chi connectivity index (χ4n) is 1.40. The van der Waals surface area contributed by atoms with Crippen molar-refractivity contribution in [1.29, 1.82) is 0 Å². The Morgan fingerprint density at radius 1 is 1.38 bits per heavy atom.